The molecule has 0 atom stereocenters. The highest BCUT2D eigenvalue weighted by Crippen LogP contribution is 2.32. The van der Waals surface area contributed by atoms with Crippen molar-refractivity contribution in [2.24, 2.45) is 5.92 Å². The average molecular weight is 238 g/mol. The monoisotopic (exact) mass is 238 g/mol. The summed E-state index contributed by atoms with van der Waals surface area (Å²) in [5.74, 6) is 1.05. The highest BCUT2D eigenvalue weighted by molar-refractivity contribution is 5.46. The Labute approximate surface area is 101 Å². The standard InChI is InChI=1S/C12H19FN4/c1-8(2)7-17(9-4-5-9)11-10(13)6-15-12(14-3)16-11/h6,8-9H,4-5,7H2,1-3H3,(H,14,15,16). The van der Waals surface area contributed by atoms with Gasteiger partial charge < -0.3 is 10.2 Å². The van der Waals surface area contributed by atoms with Crippen molar-refractivity contribution >= 4 is 11.8 Å². The van der Waals surface area contributed by atoms with Gasteiger partial charge in [-0.3, -0.25) is 0 Å². The Kier molecular flexibility index (Phi) is 3.45. The Bertz CT molecular complexity index is 390. The van der Waals surface area contributed by atoms with E-state index < -0.39 is 0 Å². The van der Waals surface area contributed by atoms with Gasteiger partial charge in [0.25, 0.3) is 0 Å². The van der Waals surface area contributed by atoms with Crippen LogP contribution in [0.15, 0.2) is 6.20 Å². The number of nitrogens with zero attached hydrogens (tertiary/aromatic N) is 3. The van der Waals surface area contributed by atoms with E-state index in [4.69, 9.17) is 0 Å². The van der Waals surface area contributed by atoms with Gasteiger partial charge in [-0.1, -0.05) is 13.8 Å². The maximum atomic E-state index is 13.8. The molecular formula is C12H19FN4. The zero-order chi connectivity index (χ0) is 12.4. The summed E-state index contributed by atoms with van der Waals surface area (Å²) in [6.07, 6.45) is 3.50. The van der Waals surface area contributed by atoms with Gasteiger partial charge >= 0.3 is 0 Å². The quantitative estimate of drug-likeness (QED) is 0.854. The van der Waals surface area contributed by atoms with E-state index in [-0.39, 0.29) is 5.82 Å². The molecule has 0 amide bonds. The van der Waals surface area contributed by atoms with Crippen LogP contribution in [0.2, 0.25) is 0 Å². The van der Waals surface area contributed by atoms with Gasteiger partial charge in [0.05, 0.1) is 6.20 Å². The Balaban J connectivity index is 2.27. The first-order chi connectivity index (χ1) is 8.11. The highest BCUT2D eigenvalue weighted by atomic mass is 19.1. The lowest BCUT2D eigenvalue weighted by Crippen LogP contribution is -2.31. The summed E-state index contributed by atoms with van der Waals surface area (Å²) in [6, 6.07) is 0.450. The van der Waals surface area contributed by atoms with Gasteiger partial charge in [0.15, 0.2) is 11.6 Å². The molecule has 0 saturated heterocycles. The summed E-state index contributed by atoms with van der Waals surface area (Å²) in [7, 11) is 1.74. The van der Waals surface area contributed by atoms with Gasteiger partial charge in [0.1, 0.15) is 0 Å². The van der Waals surface area contributed by atoms with Gasteiger partial charge in [-0.2, -0.15) is 4.98 Å². The van der Waals surface area contributed by atoms with Crippen LogP contribution in [0.25, 0.3) is 0 Å². The van der Waals surface area contributed by atoms with Crippen molar-refractivity contribution in [1.82, 2.24) is 9.97 Å². The van der Waals surface area contributed by atoms with Crippen LogP contribution in [-0.4, -0.2) is 29.6 Å². The van der Waals surface area contributed by atoms with Crippen LogP contribution < -0.4 is 10.2 Å². The molecule has 1 fully saturated rings. The molecule has 1 aliphatic carbocycles. The fraction of sp³-hybridized carbons (Fsp3) is 0.667. The topological polar surface area (TPSA) is 41.1 Å². The van der Waals surface area contributed by atoms with Gasteiger partial charge in [-0.05, 0) is 18.8 Å². The third-order valence-corrected chi connectivity index (χ3v) is 2.77. The smallest absolute Gasteiger partial charge is 0.224 e. The minimum Gasteiger partial charge on any atom is -0.357 e. The number of hydrogen-bond acceptors (Lipinski definition) is 4. The molecule has 5 heteroatoms. The lowest BCUT2D eigenvalue weighted by molar-refractivity contribution is 0.566. The lowest BCUT2D eigenvalue weighted by atomic mass is 10.2. The van der Waals surface area contributed by atoms with Crippen molar-refractivity contribution in [2.75, 3.05) is 23.8 Å². The SMILES string of the molecule is CNc1ncc(F)c(N(CC(C)C)C2CC2)n1. The van der Waals surface area contributed by atoms with Crippen LogP contribution in [0.5, 0.6) is 0 Å². The van der Waals surface area contributed by atoms with Gasteiger partial charge in [-0.15, -0.1) is 0 Å². The summed E-state index contributed by atoms with van der Waals surface area (Å²) < 4.78 is 13.8. The molecule has 1 aliphatic rings. The second kappa shape index (κ2) is 4.85. The molecule has 94 valence electrons. The molecule has 1 saturated carbocycles. The molecule has 0 aliphatic heterocycles. The van der Waals surface area contributed by atoms with Gasteiger partial charge in [-0.25, -0.2) is 9.37 Å². The molecular weight excluding hydrogens is 219 g/mol. The summed E-state index contributed by atoms with van der Waals surface area (Å²) >= 11 is 0. The van der Waals surface area contributed by atoms with E-state index in [1.54, 1.807) is 7.05 Å². The third kappa shape index (κ3) is 2.84. The molecule has 2 rings (SSSR count). The van der Waals surface area contributed by atoms with E-state index in [9.17, 15) is 4.39 Å². The first-order valence-electron chi connectivity index (χ1n) is 6.08. The molecule has 1 aromatic rings. The van der Waals surface area contributed by atoms with Crippen molar-refractivity contribution in [3.8, 4) is 0 Å². The normalized spacial score (nSPS) is 15.1. The summed E-state index contributed by atoms with van der Waals surface area (Å²) in [5.41, 5.74) is 0. The predicted molar refractivity (Wildman–Crippen MR) is 66.7 cm³/mol. The van der Waals surface area contributed by atoms with E-state index in [0.29, 0.717) is 23.7 Å². The molecule has 1 N–H and O–H groups in total. The van der Waals surface area contributed by atoms with Crippen LogP contribution >= 0.6 is 0 Å². The summed E-state index contributed by atoms with van der Waals surface area (Å²) in [4.78, 5) is 10.2. The zero-order valence-corrected chi connectivity index (χ0v) is 10.6. The first-order valence-corrected chi connectivity index (χ1v) is 6.08. The summed E-state index contributed by atoms with van der Waals surface area (Å²) in [5, 5.41) is 2.85. The Hall–Kier alpha value is -1.39. The fourth-order valence-electron chi connectivity index (χ4n) is 1.87. The Morgan fingerprint density at radius 2 is 2.24 bits per heavy atom. The van der Waals surface area contributed by atoms with E-state index in [1.807, 2.05) is 0 Å². The van der Waals surface area contributed by atoms with Crippen LogP contribution in [0.1, 0.15) is 26.7 Å². The van der Waals surface area contributed by atoms with E-state index in [0.717, 1.165) is 19.4 Å². The van der Waals surface area contributed by atoms with Crippen LogP contribution in [0.4, 0.5) is 16.2 Å². The third-order valence-electron chi connectivity index (χ3n) is 2.77. The van der Waals surface area contributed by atoms with Crippen molar-refractivity contribution in [2.45, 2.75) is 32.7 Å². The van der Waals surface area contributed by atoms with Crippen molar-refractivity contribution in [1.29, 1.82) is 0 Å². The van der Waals surface area contributed by atoms with Gasteiger partial charge in [0.2, 0.25) is 5.95 Å². The molecule has 0 radical (unpaired) electrons. The molecule has 1 heterocycles. The molecule has 0 unspecified atom stereocenters. The second-order valence-electron chi connectivity index (χ2n) is 4.89. The largest absolute Gasteiger partial charge is 0.357 e. The number of halogens is 1. The lowest BCUT2D eigenvalue weighted by Gasteiger charge is -2.25. The second-order valence-corrected chi connectivity index (χ2v) is 4.89. The molecule has 0 spiro atoms. The van der Waals surface area contributed by atoms with E-state index in [1.165, 1.54) is 6.20 Å². The number of anilines is 2. The van der Waals surface area contributed by atoms with E-state index in [2.05, 4.69) is 34.0 Å². The number of hydrogen-bond donors (Lipinski definition) is 1. The predicted octanol–water partition coefficient (Wildman–Crippen LogP) is 2.28. The summed E-state index contributed by atoms with van der Waals surface area (Å²) in [6.45, 7) is 5.10. The van der Waals surface area contributed by atoms with Crippen molar-refractivity contribution in [3.05, 3.63) is 12.0 Å². The van der Waals surface area contributed by atoms with Crippen molar-refractivity contribution < 1.29 is 4.39 Å². The highest BCUT2D eigenvalue weighted by Gasteiger charge is 2.32. The number of aromatic nitrogens is 2. The molecule has 0 bridgehead atoms. The van der Waals surface area contributed by atoms with Crippen LogP contribution in [-0.2, 0) is 0 Å². The van der Waals surface area contributed by atoms with E-state index >= 15 is 0 Å². The minimum absolute atomic E-state index is 0.337. The van der Waals surface area contributed by atoms with Crippen LogP contribution in [0.3, 0.4) is 0 Å². The molecule has 0 aromatic carbocycles. The number of rotatable bonds is 5. The van der Waals surface area contributed by atoms with Gasteiger partial charge in [0, 0.05) is 19.6 Å². The fourth-order valence-corrected chi connectivity index (χ4v) is 1.87. The average Bonchev–Trinajstić information content (AvgIpc) is 3.10. The maximum absolute atomic E-state index is 13.8. The molecule has 1 aromatic heterocycles. The van der Waals surface area contributed by atoms with Crippen molar-refractivity contribution in [3.63, 3.8) is 0 Å². The maximum Gasteiger partial charge on any atom is 0.224 e. The number of nitrogens with one attached hydrogen (secondary N) is 1. The Morgan fingerprint density at radius 1 is 1.53 bits per heavy atom. The minimum atomic E-state index is -0.337. The molecule has 4 nitrogen and oxygen atoms in total. The zero-order valence-electron chi connectivity index (χ0n) is 10.6. The van der Waals surface area contributed by atoms with Crippen LogP contribution in [0, 0.1) is 11.7 Å². The molecule has 17 heavy (non-hydrogen) atoms. The Morgan fingerprint density at radius 3 is 2.76 bits per heavy atom. The first kappa shape index (κ1) is 12.1.